The van der Waals surface area contributed by atoms with Gasteiger partial charge in [-0.25, -0.2) is 13.1 Å². The highest BCUT2D eigenvalue weighted by Gasteiger charge is 2.33. The fourth-order valence-electron chi connectivity index (χ4n) is 1.34. The molecule has 0 unspecified atom stereocenters. The Balaban J connectivity index is 2.75. The van der Waals surface area contributed by atoms with Crippen molar-refractivity contribution in [1.29, 1.82) is 0 Å². The predicted molar refractivity (Wildman–Crippen MR) is 70.5 cm³/mol. The average molecular weight is 361 g/mol. The zero-order valence-electron chi connectivity index (χ0n) is 9.88. The molecule has 1 aromatic carbocycles. The fraction of sp³-hybridized carbons (Fsp3) is 0.400. The van der Waals surface area contributed by atoms with Crippen LogP contribution in [0.5, 0.6) is 0 Å². The molecular weight excluding hydrogens is 349 g/mol. The van der Waals surface area contributed by atoms with Crippen molar-refractivity contribution in [3.8, 4) is 0 Å². The molecule has 0 atom stereocenters. The summed E-state index contributed by atoms with van der Waals surface area (Å²) in [6, 6.07) is 3.54. The van der Waals surface area contributed by atoms with Gasteiger partial charge in [0.1, 0.15) is 0 Å². The van der Waals surface area contributed by atoms with Gasteiger partial charge in [0.05, 0.1) is 11.8 Å². The lowest BCUT2D eigenvalue weighted by molar-refractivity contribution is -0.137. The molecular formula is C10H12BrF3N2O2S. The second kappa shape index (κ2) is 6.10. The summed E-state index contributed by atoms with van der Waals surface area (Å²) in [6.07, 6.45) is -3.49. The summed E-state index contributed by atoms with van der Waals surface area (Å²) >= 11 is 3.08. The predicted octanol–water partition coefficient (Wildman–Crippen LogP) is 2.43. The van der Waals surface area contributed by atoms with Crippen molar-refractivity contribution in [3.05, 3.63) is 28.2 Å². The van der Waals surface area contributed by atoms with Gasteiger partial charge < -0.3 is 5.32 Å². The minimum atomic E-state index is -4.46. The smallest absolute Gasteiger partial charge is 0.383 e. The van der Waals surface area contributed by atoms with Gasteiger partial charge in [-0.15, -0.1) is 0 Å². The maximum absolute atomic E-state index is 12.7. The summed E-state index contributed by atoms with van der Waals surface area (Å²) in [4.78, 5) is 0. The molecule has 108 valence electrons. The summed E-state index contributed by atoms with van der Waals surface area (Å²) in [6.45, 7) is 0.0508. The van der Waals surface area contributed by atoms with Crippen LogP contribution in [0, 0.1) is 0 Å². The molecule has 0 radical (unpaired) electrons. The number of halogens is 4. The molecule has 19 heavy (non-hydrogen) atoms. The third kappa shape index (κ3) is 5.79. The molecule has 1 aromatic rings. The van der Waals surface area contributed by atoms with E-state index in [2.05, 4.69) is 26.0 Å². The number of sulfonamides is 1. The number of alkyl halides is 3. The Morgan fingerprint density at radius 1 is 1.26 bits per heavy atom. The van der Waals surface area contributed by atoms with Crippen LogP contribution in [0.1, 0.15) is 5.56 Å². The van der Waals surface area contributed by atoms with E-state index in [1.807, 2.05) is 0 Å². The first-order chi connectivity index (χ1) is 8.59. The second-order valence-electron chi connectivity index (χ2n) is 3.78. The Morgan fingerprint density at radius 2 is 1.89 bits per heavy atom. The summed E-state index contributed by atoms with van der Waals surface area (Å²) < 4.78 is 62.4. The van der Waals surface area contributed by atoms with E-state index >= 15 is 0 Å². The van der Waals surface area contributed by atoms with Crippen LogP contribution >= 0.6 is 15.9 Å². The molecule has 2 N–H and O–H groups in total. The highest BCUT2D eigenvalue weighted by atomic mass is 79.9. The van der Waals surface area contributed by atoms with Crippen LogP contribution in [0.15, 0.2) is 22.7 Å². The van der Waals surface area contributed by atoms with E-state index < -0.39 is 21.8 Å². The molecule has 0 heterocycles. The van der Waals surface area contributed by atoms with Crippen molar-refractivity contribution < 1.29 is 21.6 Å². The highest BCUT2D eigenvalue weighted by molar-refractivity contribution is 9.10. The third-order valence-electron chi connectivity index (χ3n) is 2.09. The first-order valence-corrected chi connectivity index (χ1v) is 7.83. The summed E-state index contributed by atoms with van der Waals surface area (Å²) in [5.74, 6) is 0. The van der Waals surface area contributed by atoms with Gasteiger partial charge in [0.15, 0.2) is 0 Å². The van der Waals surface area contributed by atoms with Crippen molar-refractivity contribution in [2.75, 3.05) is 24.7 Å². The molecule has 0 aliphatic rings. The number of rotatable bonds is 5. The van der Waals surface area contributed by atoms with Gasteiger partial charge in [-0.2, -0.15) is 13.2 Å². The van der Waals surface area contributed by atoms with Crippen LogP contribution in [0.2, 0.25) is 0 Å². The number of hydrogen-bond donors (Lipinski definition) is 2. The average Bonchev–Trinajstić information content (AvgIpc) is 2.21. The largest absolute Gasteiger partial charge is 0.418 e. The van der Waals surface area contributed by atoms with Crippen molar-refractivity contribution in [1.82, 2.24) is 4.72 Å². The lowest BCUT2D eigenvalue weighted by Crippen LogP contribution is -2.28. The highest BCUT2D eigenvalue weighted by Crippen LogP contribution is 2.36. The van der Waals surface area contributed by atoms with E-state index in [1.165, 1.54) is 12.1 Å². The zero-order valence-corrected chi connectivity index (χ0v) is 12.3. The van der Waals surface area contributed by atoms with Gasteiger partial charge in [0.25, 0.3) is 0 Å². The van der Waals surface area contributed by atoms with Gasteiger partial charge in [0.2, 0.25) is 10.0 Å². The van der Waals surface area contributed by atoms with E-state index in [0.717, 1.165) is 12.3 Å². The van der Waals surface area contributed by atoms with Gasteiger partial charge in [-0.3, -0.25) is 0 Å². The van der Waals surface area contributed by atoms with E-state index in [4.69, 9.17) is 0 Å². The molecule has 4 nitrogen and oxygen atoms in total. The number of hydrogen-bond acceptors (Lipinski definition) is 3. The van der Waals surface area contributed by atoms with Crippen molar-refractivity contribution in [2.24, 2.45) is 0 Å². The van der Waals surface area contributed by atoms with Crippen LogP contribution in [0.3, 0.4) is 0 Å². The lowest BCUT2D eigenvalue weighted by atomic mass is 10.1. The fourth-order valence-corrected chi connectivity index (χ4v) is 2.18. The van der Waals surface area contributed by atoms with Crippen LogP contribution in [0.4, 0.5) is 18.9 Å². The molecule has 9 heteroatoms. The minimum absolute atomic E-state index is 0.00262. The Kier molecular flexibility index (Phi) is 5.22. The Labute approximate surface area is 117 Å². The normalized spacial score (nSPS) is 12.5. The standard InChI is InChI=1S/C10H12BrF3N2O2S/c1-19(17,18)16-5-4-15-9-6-7(11)2-3-8(9)10(12,13)14/h2-3,6,15-16H,4-5H2,1H3. The second-order valence-corrected chi connectivity index (χ2v) is 6.53. The Hall–Kier alpha value is -0.800. The van der Waals surface area contributed by atoms with E-state index in [9.17, 15) is 21.6 Å². The lowest BCUT2D eigenvalue weighted by Gasteiger charge is -2.15. The Bertz CT molecular complexity index is 546. The van der Waals surface area contributed by atoms with E-state index in [1.54, 1.807) is 0 Å². The van der Waals surface area contributed by atoms with E-state index in [0.29, 0.717) is 4.47 Å². The number of benzene rings is 1. The number of nitrogens with one attached hydrogen (secondary N) is 2. The monoisotopic (exact) mass is 360 g/mol. The van der Waals surface area contributed by atoms with Gasteiger partial charge in [0, 0.05) is 23.2 Å². The van der Waals surface area contributed by atoms with Crippen molar-refractivity contribution >= 4 is 31.6 Å². The van der Waals surface area contributed by atoms with Crippen LogP contribution in [0.25, 0.3) is 0 Å². The summed E-state index contributed by atoms with van der Waals surface area (Å²) in [7, 11) is -3.35. The quantitative estimate of drug-likeness (QED) is 0.792. The molecule has 0 aromatic heterocycles. The molecule has 1 rings (SSSR count). The van der Waals surface area contributed by atoms with Gasteiger partial charge in [-0.05, 0) is 18.2 Å². The topological polar surface area (TPSA) is 58.2 Å². The van der Waals surface area contributed by atoms with E-state index in [-0.39, 0.29) is 18.8 Å². The van der Waals surface area contributed by atoms with Crippen molar-refractivity contribution in [3.63, 3.8) is 0 Å². The summed E-state index contributed by atoms with van der Waals surface area (Å²) in [5.41, 5.74) is -0.896. The molecule has 0 spiro atoms. The maximum Gasteiger partial charge on any atom is 0.418 e. The first-order valence-electron chi connectivity index (χ1n) is 5.15. The third-order valence-corrected chi connectivity index (χ3v) is 3.31. The minimum Gasteiger partial charge on any atom is -0.383 e. The van der Waals surface area contributed by atoms with Crippen molar-refractivity contribution in [2.45, 2.75) is 6.18 Å². The molecule has 0 aliphatic heterocycles. The van der Waals surface area contributed by atoms with Crippen LogP contribution < -0.4 is 10.0 Å². The summed E-state index contributed by atoms with van der Waals surface area (Å²) in [5, 5.41) is 2.56. The molecule has 0 amide bonds. The van der Waals surface area contributed by atoms with Gasteiger partial charge in [-0.1, -0.05) is 15.9 Å². The molecule has 0 aliphatic carbocycles. The van der Waals surface area contributed by atoms with Crippen LogP contribution in [-0.4, -0.2) is 27.8 Å². The SMILES string of the molecule is CS(=O)(=O)NCCNc1cc(Br)ccc1C(F)(F)F. The zero-order chi connectivity index (χ0) is 14.7. The molecule has 0 fully saturated rings. The molecule has 0 saturated heterocycles. The maximum atomic E-state index is 12.7. The van der Waals surface area contributed by atoms with Crippen LogP contribution in [-0.2, 0) is 16.2 Å². The first kappa shape index (κ1) is 16.3. The Morgan fingerprint density at radius 3 is 2.42 bits per heavy atom. The molecule has 0 bridgehead atoms. The van der Waals surface area contributed by atoms with Gasteiger partial charge >= 0.3 is 6.18 Å². The molecule has 0 saturated carbocycles. The number of anilines is 1.